The minimum Gasteiger partial charge on any atom is -0.388 e. The SMILES string of the molecule is CNc1ccc2c(c1)C(C)N(N=C(C)C)C(N1CCN(C)CC1)=N2. The van der Waals surface area contributed by atoms with Crippen molar-refractivity contribution in [3.05, 3.63) is 23.8 Å². The van der Waals surface area contributed by atoms with E-state index in [-0.39, 0.29) is 6.04 Å². The van der Waals surface area contributed by atoms with Crippen LogP contribution >= 0.6 is 0 Å². The van der Waals surface area contributed by atoms with E-state index < -0.39 is 0 Å². The molecule has 6 nitrogen and oxygen atoms in total. The van der Waals surface area contributed by atoms with Gasteiger partial charge in [-0.25, -0.2) is 10.0 Å². The van der Waals surface area contributed by atoms with Crippen LogP contribution in [0, 0.1) is 0 Å². The molecule has 2 aliphatic rings. The minimum atomic E-state index is 0.162. The number of guanidine groups is 1. The van der Waals surface area contributed by atoms with Gasteiger partial charge in [-0.2, -0.15) is 5.10 Å². The average Bonchev–Trinajstić information content (AvgIpc) is 2.57. The molecule has 0 aliphatic carbocycles. The van der Waals surface area contributed by atoms with E-state index in [4.69, 9.17) is 10.1 Å². The van der Waals surface area contributed by atoms with Crippen molar-refractivity contribution in [3.8, 4) is 0 Å². The third-order valence-electron chi connectivity index (χ3n) is 4.65. The molecule has 0 aromatic heterocycles. The Hall–Kier alpha value is -2.08. The van der Waals surface area contributed by atoms with Gasteiger partial charge in [-0.3, -0.25) is 0 Å². The van der Waals surface area contributed by atoms with Crippen molar-refractivity contribution < 1.29 is 0 Å². The number of fused-ring (bicyclic) bond motifs is 1. The number of anilines is 1. The van der Waals surface area contributed by atoms with E-state index >= 15 is 0 Å². The summed E-state index contributed by atoms with van der Waals surface area (Å²) in [6.07, 6.45) is 0. The second-order valence-electron chi connectivity index (χ2n) is 6.79. The van der Waals surface area contributed by atoms with E-state index in [1.807, 2.05) is 20.9 Å². The highest BCUT2D eigenvalue weighted by molar-refractivity contribution is 5.88. The lowest BCUT2D eigenvalue weighted by molar-refractivity contribution is 0.186. The molecule has 1 N–H and O–H groups in total. The average molecular weight is 328 g/mol. The Labute approximate surface area is 144 Å². The number of benzene rings is 1. The van der Waals surface area contributed by atoms with Crippen molar-refractivity contribution >= 4 is 23.0 Å². The van der Waals surface area contributed by atoms with Gasteiger partial charge >= 0.3 is 0 Å². The molecule has 1 aromatic rings. The van der Waals surface area contributed by atoms with E-state index in [2.05, 4.69) is 52.3 Å². The lowest BCUT2D eigenvalue weighted by Crippen LogP contribution is -2.52. The van der Waals surface area contributed by atoms with E-state index in [1.165, 1.54) is 5.56 Å². The third-order valence-corrected chi connectivity index (χ3v) is 4.65. The Morgan fingerprint density at radius 1 is 1.21 bits per heavy atom. The molecule has 1 aromatic carbocycles. The van der Waals surface area contributed by atoms with Crippen molar-refractivity contribution in [1.82, 2.24) is 14.8 Å². The summed E-state index contributed by atoms with van der Waals surface area (Å²) in [7, 11) is 4.11. The molecule has 1 saturated heterocycles. The molecule has 0 radical (unpaired) electrons. The highest BCUT2D eigenvalue weighted by atomic mass is 15.6. The molecule has 3 rings (SSSR count). The lowest BCUT2D eigenvalue weighted by Gasteiger charge is -2.41. The summed E-state index contributed by atoms with van der Waals surface area (Å²) in [4.78, 5) is 9.68. The first kappa shape index (κ1) is 16.8. The van der Waals surface area contributed by atoms with Crippen molar-refractivity contribution in [1.29, 1.82) is 0 Å². The Bertz CT molecular complexity index is 653. The van der Waals surface area contributed by atoms with Crippen LogP contribution in [-0.4, -0.2) is 66.8 Å². The predicted molar refractivity (Wildman–Crippen MR) is 101 cm³/mol. The van der Waals surface area contributed by atoms with Crippen molar-refractivity contribution in [2.75, 3.05) is 45.6 Å². The van der Waals surface area contributed by atoms with Crippen LogP contribution in [0.25, 0.3) is 0 Å². The minimum absolute atomic E-state index is 0.162. The summed E-state index contributed by atoms with van der Waals surface area (Å²) in [5.74, 6) is 0.974. The third kappa shape index (κ3) is 3.24. The van der Waals surface area contributed by atoms with Gasteiger partial charge in [0, 0.05) is 50.2 Å². The van der Waals surface area contributed by atoms with Crippen molar-refractivity contribution in [2.45, 2.75) is 26.8 Å². The van der Waals surface area contributed by atoms with Gasteiger partial charge in [0.1, 0.15) is 0 Å². The van der Waals surface area contributed by atoms with E-state index in [9.17, 15) is 0 Å². The van der Waals surface area contributed by atoms with Gasteiger partial charge in [0.15, 0.2) is 0 Å². The number of rotatable bonds is 2. The number of aliphatic imine (C=N–C) groups is 1. The zero-order chi connectivity index (χ0) is 17.3. The number of piperazine rings is 1. The summed E-state index contributed by atoms with van der Waals surface area (Å²) in [6.45, 7) is 10.4. The van der Waals surface area contributed by atoms with Gasteiger partial charge < -0.3 is 15.1 Å². The van der Waals surface area contributed by atoms with Crippen LogP contribution in [0.4, 0.5) is 11.4 Å². The monoisotopic (exact) mass is 328 g/mol. The molecule has 1 unspecified atom stereocenters. The molecule has 2 heterocycles. The van der Waals surface area contributed by atoms with Gasteiger partial charge in [-0.1, -0.05) is 0 Å². The largest absolute Gasteiger partial charge is 0.388 e. The summed E-state index contributed by atoms with van der Waals surface area (Å²) in [6, 6.07) is 6.53. The fourth-order valence-electron chi connectivity index (χ4n) is 3.18. The molecule has 0 bridgehead atoms. The molecule has 2 aliphatic heterocycles. The Morgan fingerprint density at radius 2 is 1.92 bits per heavy atom. The molecule has 1 atom stereocenters. The van der Waals surface area contributed by atoms with Gasteiger partial charge in [0.05, 0.1) is 11.7 Å². The first-order valence-corrected chi connectivity index (χ1v) is 8.64. The molecule has 0 amide bonds. The zero-order valence-electron chi connectivity index (χ0n) is 15.4. The number of nitrogens with one attached hydrogen (secondary N) is 1. The van der Waals surface area contributed by atoms with Crippen LogP contribution in [0.3, 0.4) is 0 Å². The summed E-state index contributed by atoms with van der Waals surface area (Å²) < 4.78 is 0. The van der Waals surface area contributed by atoms with E-state index in [0.717, 1.165) is 49.2 Å². The number of hydrogen-bond donors (Lipinski definition) is 1. The van der Waals surface area contributed by atoms with Crippen LogP contribution in [0.1, 0.15) is 32.4 Å². The number of hydrogen-bond acceptors (Lipinski definition) is 6. The Balaban J connectivity index is 2.01. The number of hydrazone groups is 1. The van der Waals surface area contributed by atoms with Gasteiger partial charge in [-0.15, -0.1) is 0 Å². The Kier molecular flexibility index (Phi) is 4.76. The van der Waals surface area contributed by atoms with Crippen molar-refractivity contribution in [3.63, 3.8) is 0 Å². The summed E-state index contributed by atoms with van der Waals surface area (Å²) >= 11 is 0. The smallest absolute Gasteiger partial charge is 0.223 e. The first-order valence-electron chi connectivity index (χ1n) is 8.64. The topological polar surface area (TPSA) is 46.5 Å². The van der Waals surface area contributed by atoms with Gasteiger partial charge in [0.25, 0.3) is 0 Å². The molecule has 24 heavy (non-hydrogen) atoms. The van der Waals surface area contributed by atoms with Crippen LogP contribution in [0.15, 0.2) is 28.3 Å². The fourth-order valence-corrected chi connectivity index (χ4v) is 3.18. The van der Waals surface area contributed by atoms with Gasteiger partial charge in [0.2, 0.25) is 5.96 Å². The Morgan fingerprint density at radius 3 is 2.54 bits per heavy atom. The van der Waals surface area contributed by atoms with Crippen LogP contribution in [-0.2, 0) is 0 Å². The molecular formula is C18H28N6. The maximum atomic E-state index is 4.97. The molecule has 1 fully saturated rings. The lowest BCUT2D eigenvalue weighted by atomic mass is 10.0. The molecule has 6 heteroatoms. The van der Waals surface area contributed by atoms with E-state index in [0.29, 0.717) is 0 Å². The summed E-state index contributed by atoms with van der Waals surface area (Å²) in [5.41, 5.74) is 4.41. The second-order valence-corrected chi connectivity index (χ2v) is 6.79. The number of nitrogens with zero attached hydrogens (tertiary/aromatic N) is 5. The van der Waals surface area contributed by atoms with Crippen molar-refractivity contribution in [2.24, 2.45) is 10.1 Å². The molecule has 0 spiro atoms. The summed E-state index contributed by atoms with van der Waals surface area (Å²) in [5, 5.41) is 10.1. The fraction of sp³-hybridized carbons (Fsp3) is 0.556. The predicted octanol–water partition coefficient (Wildman–Crippen LogP) is 2.74. The second kappa shape index (κ2) is 6.81. The maximum absolute atomic E-state index is 4.97. The number of likely N-dealkylation sites (N-methyl/N-ethyl adjacent to an activating group) is 1. The molecule has 0 saturated carbocycles. The standard InChI is InChI=1S/C18H28N6/c1-13(2)21-24-14(3)16-12-15(19-4)6-7-17(16)20-18(24)23-10-8-22(5)9-11-23/h6-7,12,14,19H,8-11H2,1-5H3. The highest BCUT2D eigenvalue weighted by Crippen LogP contribution is 2.37. The van der Waals surface area contributed by atoms with E-state index in [1.54, 1.807) is 0 Å². The molecule has 130 valence electrons. The zero-order valence-corrected chi connectivity index (χ0v) is 15.4. The molecular weight excluding hydrogens is 300 g/mol. The van der Waals surface area contributed by atoms with Crippen LogP contribution in [0.2, 0.25) is 0 Å². The normalized spacial score (nSPS) is 21.2. The quantitative estimate of drug-likeness (QED) is 0.848. The first-order chi connectivity index (χ1) is 11.5. The van der Waals surface area contributed by atoms with Gasteiger partial charge in [-0.05, 0) is 46.0 Å². The maximum Gasteiger partial charge on any atom is 0.223 e. The van der Waals surface area contributed by atoms with Crippen LogP contribution < -0.4 is 5.32 Å². The van der Waals surface area contributed by atoms with Crippen LogP contribution in [0.5, 0.6) is 0 Å². The highest BCUT2D eigenvalue weighted by Gasteiger charge is 2.31.